The lowest BCUT2D eigenvalue weighted by atomic mass is 9.89. The van der Waals surface area contributed by atoms with Crippen LogP contribution in [0, 0.1) is 5.92 Å². The van der Waals surface area contributed by atoms with Gasteiger partial charge in [-0.2, -0.15) is 5.10 Å². The summed E-state index contributed by atoms with van der Waals surface area (Å²) in [5.74, 6) is 1.01. The van der Waals surface area contributed by atoms with Gasteiger partial charge in [0.2, 0.25) is 6.79 Å². The predicted molar refractivity (Wildman–Crippen MR) is 107 cm³/mol. The van der Waals surface area contributed by atoms with E-state index in [0.717, 1.165) is 18.5 Å². The first-order chi connectivity index (χ1) is 13.7. The molecule has 154 valence electrons. The normalized spacial score (nSPS) is 18.8. The van der Waals surface area contributed by atoms with Gasteiger partial charge in [0.25, 0.3) is 5.91 Å². The summed E-state index contributed by atoms with van der Waals surface area (Å²) in [5.41, 5.74) is 1.92. The maximum atomic E-state index is 13.1. The minimum atomic E-state index is -0.219. The highest BCUT2D eigenvalue weighted by Crippen LogP contribution is 2.34. The Morgan fingerprint density at radius 3 is 2.62 bits per heavy atom. The molecule has 0 N–H and O–H groups in total. The second kappa shape index (κ2) is 7.21. The number of likely N-dealkylation sites (tertiary alicyclic amines) is 1. The minimum absolute atomic E-state index is 0.0428. The van der Waals surface area contributed by atoms with Crippen LogP contribution in [0.1, 0.15) is 60.2 Å². The molecule has 1 amide bonds. The molecule has 7 nitrogen and oxygen atoms in total. The van der Waals surface area contributed by atoms with Gasteiger partial charge in [-0.25, -0.2) is 0 Å². The van der Waals surface area contributed by atoms with Crippen molar-refractivity contribution in [2.75, 3.05) is 19.9 Å². The van der Waals surface area contributed by atoms with Gasteiger partial charge in [-0.3, -0.25) is 14.3 Å². The van der Waals surface area contributed by atoms with Crippen LogP contribution in [0.2, 0.25) is 0 Å². The summed E-state index contributed by atoms with van der Waals surface area (Å²) in [7, 11) is 1.79. The number of hydrogen-bond donors (Lipinski definition) is 0. The van der Waals surface area contributed by atoms with E-state index < -0.39 is 0 Å². The number of carbonyl (C=O) groups is 2. The number of hydrogen-bond acceptors (Lipinski definition) is 5. The smallest absolute Gasteiger partial charge is 0.272 e. The molecule has 1 fully saturated rings. The van der Waals surface area contributed by atoms with Gasteiger partial charge in [0.1, 0.15) is 5.69 Å². The Bertz CT molecular complexity index is 957. The van der Waals surface area contributed by atoms with E-state index in [1.807, 2.05) is 6.07 Å². The number of piperidine rings is 1. The highest BCUT2D eigenvalue weighted by atomic mass is 16.7. The van der Waals surface area contributed by atoms with Crippen LogP contribution >= 0.6 is 0 Å². The lowest BCUT2D eigenvalue weighted by Crippen LogP contribution is -2.43. The van der Waals surface area contributed by atoms with Gasteiger partial charge in [-0.05, 0) is 37.1 Å². The van der Waals surface area contributed by atoms with Crippen molar-refractivity contribution in [3.05, 3.63) is 41.2 Å². The number of benzene rings is 1. The Kier molecular flexibility index (Phi) is 4.84. The first-order valence-electron chi connectivity index (χ1n) is 10.0. The molecule has 2 aromatic rings. The number of fused-ring (bicyclic) bond motifs is 1. The second-order valence-electron chi connectivity index (χ2n) is 8.81. The van der Waals surface area contributed by atoms with Crippen LogP contribution in [0.3, 0.4) is 0 Å². The molecular weight excluding hydrogens is 370 g/mol. The van der Waals surface area contributed by atoms with Crippen LogP contribution in [0.4, 0.5) is 0 Å². The number of aryl methyl sites for hydroxylation is 1. The zero-order chi connectivity index (χ0) is 20.8. The van der Waals surface area contributed by atoms with Gasteiger partial charge in [-0.1, -0.05) is 20.8 Å². The van der Waals surface area contributed by atoms with Crippen molar-refractivity contribution in [3.8, 4) is 11.5 Å². The van der Waals surface area contributed by atoms with E-state index in [9.17, 15) is 9.59 Å². The molecule has 29 heavy (non-hydrogen) atoms. The van der Waals surface area contributed by atoms with Crippen molar-refractivity contribution >= 4 is 11.7 Å². The van der Waals surface area contributed by atoms with E-state index in [0.29, 0.717) is 35.8 Å². The van der Waals surface area contributed by atoms with Gasteiger partial charge in [0.15, 0.2) is 17.3 Å². The molecule has 3 heterocycles. The third-order valence-corrected chi connectivity index (χ3v) is 5.60. The lowest BCUT2D eigenvalue weighted by molar-refractivity contribution is 0.0628. The van der Waals surface area contributed by atoms with Crippen molar-refractivity contribution in [1.82, 2.24) is 14.7 Å². The van der Waals surface area contributed by atoms with Crippen molar-refractivity contribution in [3.63, 3.8) is 0 Å². The maximum absolute atomic E-state index is 13.1. The number of rotatable bonds is 3. The fourth-order valence-corrected chi connectivity index (χ4v) is 3.86. The topological polar surface area (TPSA) is 73.7 Å². The molecule has 1 aromatic heterocycles. The molecule has 0 saturated carbocycles. The molecule has 0 aliphatic carbocycles. The summed E-state index contributed by atoms with van der Waals surface area (Å²) >= 11 is 0. The Hall–Kier alpha value is -2.83. The largest absolute Gasteiger partial charge is 0.454 e. The van der Waals surface area contributed by atoms with E-state index in [4.69, 9.17) is 9.47 Å². The zero-order valence-corrected chi connectivity index (χ0v) is 17.4. The molecule has 1 atom stereocenters. The number of amides is 1. The average Bonchev–Trinajstić information content (AvgIpc) is 3.32. The molecule has 1 saturated heterocycles. The second-order valence-corrected chi connectivity index (χ2v) is 8.81. The number of carbonyl (C=O) groups excluding carboxylic acids is 2. The van der Waals surface area contributed by atoms with Crippen LogP contribution in [0.25, 0.3) is 0 Å². The lowest BCUT2D eigenvalue weighted by Gasteiger charge is -2.32. The van der Waals surface area contributed by atoms with E-state index in [1.165, 1.54) is 0 Å². The van der Waals surface area contributed by atoms with Gasteiger partial charge in [0, 0.05) is 37.0 Å². The number of ether oxygens (including phenoxy) is 2. The molecule has 2 aliphatic heterocycles. The number of aromatic nitrogens is 2. The van der Waals surface area contributed by atoms with Gasteiger partial charge >= 0.3 is 0 Å². The van der Waals surface area contributed by atoms with Crippen molar-refractivity contribution < 1.29 is 19.1 Å². The van der Waals surface area contributed by atoms with E-state index in [2.05, 4.69) is 25.9 Å². The van der Waals surface area contributed by atoms with Crippen molar-refractivity contribution in [2.45, 2.75) is 39.0 Å². The molecule has 0 unspecified atom stereocenters. The zero-order valence-electron chi connectivity index (χ0n) is 17.4. The fourth-order valence-electron chi connectivity index (χ4n) is 3.86. The third-order valence-electron chi connectivity index (χ3n) is 5.60. The SMILES string of the molecule is Cn1nc(C(C)(C)C)cc1C(=O)N1CCC[C@H](C(=O)c2ccc3c(c2)OCO3)C1. The Morgan fingerprint density at radius 1 is 1.14 bits per heavy atom. The number of Topliss-reactive ketones (excluding diaryl/α,β-unsaturated/α-hetero) is 1. The summed E-state index contributed by atoms with van der Waals surface area (Å²) in [4.78, 5) is 28.0. The third kappa shape index (κ3) is 3.73. The molecule has 0 radical (unpaired) electrons. The Balaban J connectivity index is 1.50. The minimum Gasteiger partial charge on any atom is -0.454 e. The van der Waals surface area contributed by atoms with Crippen LogP contribution in [-0.2, 0) is 12.5 Å². The molecule has 7 heteroatoms. The summed E-state index contributed by atoms with van der Waals surface area (Å²) in [6, 6.07) is 7.14. The number of nitrogens with zero attached hydrogens (tertiary/aromatic N) is 3. The highest BCUT2D eigenvalue weighted by molar-refractivity contribution is 5.99. The van der Waals surface area contributed by atoms with Gasteiger partial charge in [0.05, 0.1) is 5.69 Å². The monoisotopic (exact) mass is 397 g/mol. The Labute approximate surface area is 170 Å². The van der Waals surface area contributed by atoms with Crippen LogP contribution in [0.5, 0.6) is 11.5 Å². The van der Waals surface area contributed by atoms with Crippen LogP contribution < -0.4 is 9.47 Å². The molecule has 4 rings (SSSR count). The van der Waals surface area contributed by atoms with Crippen molar-refractivity contribution in [1.29, 1.82) is 0 Å². The quantitative estimate of drug-likeness (QED) is 0.744. The predicted octanol–water partition coefficient (Wildman–Crippen LogP) is 3.18. The van der Waals surface area contributed by atoms with Crippen LogP contribution in [0.15, 0.2) is 24.3 Å². The maximum Gasteiger partial charge on any atom is 0.272 e. The molecule has 0 spiro atoms. The summed E-state index contributed by atoms with van der Waals surface area (Å²) in [5, 5.41) is 4.51. The molecule has 2 aliphatic rings. The molecule has 1 aromatic carbocycles. The first-order valence-corrected chi connectivity index (χ1v) is 10.0. The highest BCUT2D eigenvalue weighted by Gasteiger charge is 2.32. The standard InChI is InChI=1S/C22H27N3O4/c1-22(2,3)19-11-16(24(4)23-19)21(27)25-9-5-6-15(12-25)20(26)14-7-8-17-18(10-14)29-13-28-17/h7-8,10-11,15H,5-6,9,12-13H2,1-4H3/t15-/m0/s1. The van der Waals surface area contributed by atoms with E-state index in [-0.39, 0.29) is 29.8 Å². The van der Waals surface area contributed by atoms with Crippen molar-refractivity contribution in [2.24, 2.45) is 13.0 Å². The van der Waals surface area contributed by atoms with E-state index >= 15 is 0 Å². The summed E-state index contributed by atoms with van der Waals surface area (Å²) in [6.07, 6.45) is 1.58. The molecule has 0 bridgehead atoms. The Morgan fingerprint density at radius 2 is 1.90 bits per heavy atom. The van der Waals surface area contributed by atoms with Gasteiger partial charge < -0.3 is 14.4 Å². The fraction of sp³-hybridized carbons (Fsp3) is 0.500. The van der Waals surface area contributed by atoms with Crippen LogP contribution in [-0.4, -0.2) is 46.3 Å². The average molecular weight is 397 g/mol. The number of ketones is 1. The summed E-state index contributed by atoms with van der Waals surface area (Å²) < 4.78 is 12.4. The molecular formula is C22H27N3O4. The van der Waals surface area contributed by atoms with E-state index in [1.54, 1.807) is 34.8 Å². The summed E-state index contributed by atoms with van der Waals surface area (Å²) in [6.45, 7) is 7.47. The first kappa shape index (κ1) is 19.5. The van der Waals surface area contributed by atoms with Gasteiger partial charge in [-0.15, -0.1) is 0 Å².